The SMILES string of the molecule is COC(=O)c1ccc(SC#N)cc1[N+](=O)[O-]. The van der Waals surface area contributed by atoms with Crippen LogP contribution in [0.4, 0.5) is 5.69 Å². The molecule has 0 radical (unpaired) electrons. The number of esters is 1. The number of methoxy groups -OCH3 is 1. The van der Waals surface area contributed by atoms with Gasteiger partial charge in [-0.3, -0.25) is 10.1 Å². The number of hydrogen-bond donors (Lipinski definition) is 0. The fourth-order valence-electron chi connectivity index (χ4n) is 1.06. The lowest BCUT2D eigenvalue weighted by atomic mass is 10.2. The molecule has 0 saturated heterocycles. The van der Waals surface area contributed by atoms with Crippen LogP contribution in [0.15, 0.2) is 23.1 Å². The molecule has 0 saturated carbocycles. The van der Waals surface area contributed by atoms with Crippen LogP contribution in [-0.4, -0.2) is 18.0 Å². The molecule has 0 heterocycles. The molecule has 0 spiro atoms. The summed E-state index contributed by atoms with van der Waals surface area (Å²) in [4.78, 5) is 21.6. The van der Waals surface area contributed by atoms with E-state index in [2.05, 4.69) is 4.74 Å². The number of nitriles is 1. The topological polar surface area (TPSA) is 93.2 Å². The summed E-state index contributed by atoms with van der Waals surface area (Å²) in [5, 5.41) is 20.9. The van der Waals surface area contributed by atoms with Gasteiger partial charge in [0.2, 0.25) is 0 Å². The van der Waals surface area contributed by atoms with Crippen molar-refractivity contribution in [3.63, 3.8) is 0 Å². The number of hydrogen-bond acceptors (Lipinski definition) is 6. The van der Waals surface area contributed by atoms with E-state index in [0.29, 0.717) is 4.90 Å². The fraction of sp³-hybridized carbons (Fsp3) is 0.111. The van der Waals surface area contributed by atoms with E-state index in [0.717, 1.165) is 18.9 Å². The molecule has 0 aliphatic carbocycles. The van der Waals surface area contributed by atoms with E-state index in [1.54, 1.807) is 5.40 Å². The minimum Gasteiger partial charge on any atom is -0.465 e. The molecule has 1 rings (SSSR count). The van der Waals surface area contributed by atoms with Crippen molar-refractivity contribution in [3.05, 3.63) is 33.9 Å². The second kappa shape index (κ2) is 5.14. The van der Waals surface area contributed by atoms with Crippen LogP contribution in [-0.2, 0) is 4.74 Å². The molecule has 0 aliphatic heterocycles. The molecule has 82 valence electrons. The van der Waals surface area contributed by atoms with Crippen molar-refractivity contribution in [1.82, 2.24) is 0 Å². The maximum absolute atomic E-state index is 11.2. The van der Waals surface area contributed by atoms with Gasteiger partial charge in [-0.05, 0) is 23.9 Å². The average Bonchev–Trinajstić information content (AvgIpc) is 2.28. The summed E-state index contributed by atoms with van der Waals surface area (Å²) in [6, 6.07) is 3.89. The summed E-state index contributed by atoms with van der Waals surface area (Å²) in [5.74, 6) is -0.778. The molecule has 0 aliphatic rings. The van der Waals surface area contributed by atoms with Crippen LogP contribution in [0.1, 0.15) is 10.4 Å². The molecular weight excluding hydrogens is 232 g/mol. The van der Waals surface area contributed by atoms with Crippen molar-refractivity contribution >= 4 is 23.4 Å². The molecule has 1 aromatic carbocycles. The maximum Gasteiger partial charge on any atom is 0.344 e. The smallest absolute Gasteiger partial charge is 0.344 e. The first-order valence-electron chi connectivity index (χ1n) is 4.03. The Hall–Kier alpha value is -2.07. The van der Waals surface area contributed by atoms with Crippen LogP contribution in [0.5, 0.6) is 0 Å². The molecule has 0 unspecified atom stereocenters. The summed E-state index contributed by atoms with van der Waals surface area (Å²) in [6.45, 7) is 0. The van der Waals surface area contributed by atoms with E-state index in [1.807, 2.05) is 0 Å². The Kier molecular flexibility index (Phi) is 3.85. The Labute approximate surface area is 95.0 Å². The van der Waals surface area contributed by atoms with Gasteiger partial charge in [0.1, 0.15) is 11.0 Å². The third-order valence-corrected chi connectivity index (χ3v) is 2.32. The molecule has 7 heteroatoms. The molecule has 1 aromatic rings. The highest BCUT2D eigenvalue weighted by Gasteiger charge is 2.21. The number of benzene rings is 1. The highest BCUT2D eigenvalue weighted by atomic mass is 32.2. The zero-order valence-electron chi connectivity index (χ0n) is 8.17. The molecule has 16 heavy (non-hydrogen) atoms. The van der Waals surface area contributed by atoms with Gasteiger partial charge in [0.15, 0.2) is 0 Å². The van der Waals surface area contributed by atoms with Crippen molar-refractivity contribution in [2.75, 3.05) is 7.11 Å². The van der Waals surface area contributed by atoms with Gasteiger partial charge in [0.25, 0.3) is 5.69 Å². The van der Waals surface area contributed by atoms with Crippen molar-refractivity contribution in [1.29, 1.82) is 5.26 Å². The van der Waals surface area contributed by atoms with Gasteiger partial charge in [0.05, 0.1) is 12.0 Å². The highest BCUT2D eigenvalue weighted by Crippen LogP contribution is 2.26. The normalized spacial score (nSPS) is 9.25. The van der Waals surface area contributed by atoms with Crippen LogP contribution in [0, 0.1) is 20.8 Å². The van der Waals surface area contributed by atoms with Gasteiger partial charge in [-0.1, -0.05) is 0 Å². The first-order chi connectivity index (χ1) is 7.60. The summed E-state index contributed by atoms with van der Waals surface area (Å²) >= 11 is 0.784. The van der Waals surface area contributed by atoms with Crippen LogP contribution >= 0.6 is 11.8 Å². The molecule has 0 aromatic heterocycles. The Morgan fingerprint density at radius 3 is 2.81 bits per heavy atom. The highest BCUT2D eigenvalue weighted by molar-refractivity contribution is 8.03. The first kappa shape index (κ1) is 12.0. The van der Waals surface area contributed by atoms with Gasteiger partial charge in [-0.15, -0.1) is 0 Å². The van der Waals surface area contributed by atoms with Crippen LogP contribution in [0.2, 0.25) is 0 Å². The number of nitrogens with zero attached hydrogens (tertiary/aromatic N) is 2. The van der Waals surface area contributed by atoms with E-state index in [9.17, 15) is 14.9 Å². The zero-order chi connectivity index (χ0) is 12.1. The minimum absolute atomic E-state index is 0.130. The van der Waals surface area contributed by atoms with Gasteiger partial charge >= 0.3 is 5.97 Å². The lowest BCUT2D eigenvalue weighted by Gasteiger charge is -2.01. The second-order valence-electron chi connectivity index (χ2n) is 2.62. The van der Waals surface area contributed by atoms with Gasteiger partial charge in [0, 0.05) is 11.0 Å². The van der Waals surface area contributed by atoms with Crippen molar-refractivity contribution in [3.8, 4) is 5.40 Å². The van der Waals surface area contributed by atoms with E-state index in [1.165, 1.54) is 18.2 Å². The third kappa shape index (κ3) is 2.49. The average molecular weight is 238 g/mol. The molecule has 0 amide bonds. The van der Waals surface area contributed by atoms with E-state index in [4.69, 9.17) is 5.26 Å². The predicted octanol–water partition coefficient (Wildman–Crippen LogP) is 1.95. The quantitative estimate of drug-likeness (QED) is 0.262. The van der Waals surface area contributed by atoms with Crippen LogP contribution in [0.3, 0.4) is 0 Å². The largest absolute Gasteiger partial charge is 0.465 e. The standard InChI is InChI=1S/C9H6N2O4S/c1-15-9(12)7-3-2-6(16-5-10)4-8(7)11(13)14/h2-4H,1H3. The van der Waals surface area contributed by atoms with Gasteiger partial charge < -0.3 is 4.74 Å². The van der Waals surface area contributed by atoms with Crippen LogP contribution in [0.25, 0.3) is 0 Å². The second-order valence-corrected chi connectivity index (χ2v) is 3.48. The zero-order valence-corrected chi connectivity index (χ0v) is 8.98. The van der Waals surface area contributed by atoms with Crippen molar-refractivity contribution in [2.45, 2.75) is 4.90 Å². The third-order valence-electron chi connectivity index (χ3n) is 1.73. The van der Waals surface area contributed by atoms with Gasteiger partial charge in [-0.25, -0.2) is 4.79 Å². The maximum atomic E-state index is 11.2. The number of thiocyanates is 1. The number of nitro benzene ring substituents is 1. The molecular formula is C9H6N2O4S. The Balaban J connectivity index is 3.26. The fourth-order valence-corrected chi connectivity index (χ4v) is 1.47. The molecule has 0 atom stereocenters. The Morgan fingerprint density at radius 2 is 2.31 bits per heavy atom. The minimum atomic E-state index is -0.778. The lowest BCUT2D eigenvalue weighted by molar-refractivity contribution is -0.385. The number of nitro groups is 1. The van der Waals surface area contributed by atoms with E-state index in [-0.39, 0.29) is 11.3 Å². The number of ether oxygens (including phenoxy) is 1. The molecule has 0 N–H and O–H groups in total. The number of rotatable bonds is 3. The predicted molar refractivity (Wildman–Crippen MR) is 55.9 cm³/mol. The molecule has 6 nitrogen and oxygen atoms in total. The Morgan fingerprint density at radius 1 is 1.62 bits per heavy atom. The van der Waals surface area contributed by atoms with E-state index >= 15 is 0 Å². The Bertz CT molecular complexity index is 481. The molecule has 0 fully saturated rings. The molecule has 0 bridgehead atoms. The number of carbonyl (C=O) groups excluding carboxylic acids is 1. The lowest BCUT2D eigenvalue weighted by Crippen LogP contribution is -2.05. The summed E-state index contributed by atoms with van der Waals surface area (Å²) in [6.07, 6.45) is 0. The summed E-state index contributed by atoms with van der Waals surface area (Å²) < 4.78 is 4.41. The van der Waals surface area contributed by atoms with Crippen LogP contribution < -0.4 is 0 Å². The van der Waals surface area contributed by atoms with Crippen molar-refractivity contribution < 1.29 is 14.5 Å². The number of thioether (sulfide) groups is 1. The van der Waals surface area contributed by atoms with E-state index < -0.39 is 10.9 Å². The van der Waals surface area contributed by atoms with Gasteiger partial charge in [-0.2, -0.15) is 5.26 Å². The number of carbonyl (C=O) groups is 1. The van der Waals surface area contributed by atoms with Crippen molar-refractivity contribution in [2.24, 2.45) is 0 Å². The first-order valence-corrected chi connectivity index (χ1v) is 4.84. The monoisotopic (exact) mass is 238 g/mol. The summed E-state index contributed by atoms with van der Waals surface area (Å²) in [7, 11) is 1.14. The summed E-state index contributed by atoms with van der Waals surface area (Å²) in [5.41, 5.74) is -0.498.